The van der Waals surface area contributed by atoms with Crippen LogP contribution in [0.25, 0.3) is 0 Å². The van der Waals surface area contributed by atoms with Crippen LogP contribution in [0.4, 0.5) is 0 Å². The zero-order valence-corrected chi connectivity index (χ0v) is 14.2. The van der Waals surface area contributed by atoms with E-state index in [1.165, 1.54) is 17.0 Å². The van der Waals surface area contributed by atoms with E-state index in [2.05, 4.69) is 17.7 Å². The van der Waals surface area contributed by atoms with Gasteiger partial charge in [0.1, 0.15) is 6.04 Å². The smallest absolute Gasteiger partial charge is 0.254 e. The molecule has 0 aliphatic carbocycles. The summed E-state index contributed by atoms with van der Waals surface area (Å²) in [5, 5.41) is 4.08. The highest BCUT2D eigenvalue weighted by molar-refractivity contribution is 7.80. The van der Waals surface area contributed by atoms with Gasteiger partial charge in [-0.05, 0) is 25.6 Å². The summed E-state index contributed by atoms with van der Waals surface area (Å²) in [6, 6.07) is -0.775. The van der Waals surface area contributed by atoms with Gasteiger partial charge >= 0.3 is 0 Å². The van der Waals surface area contributed by atoms with E-state index in [0.717, 1.165) is 19.3 Å². The number of hydrazine groups is 1. The number of carbonyl (C=O) groups is 3. The quantitative estimate of drug-likeness (QED) is 0.502. The molecule has 1 fully saturated rings. The number of thiocarbonyl (C=S) groups is 1. The lowest BCUT2D eigenvalue weighted by Gasteiger charge is -2.24. The Morgan fingerprint density at radius 3 is 2.45 bits per heavy atom. The highest BCUT2D eigenvalue weighted by Crippen LogP contribution is 2.18. The van der Waals surface area contributed by atoms with Gasteiger partial charge in [-0.1, -0.05) is 19.8 Å². The molecule has 0 aromatic carbocycles. The highest BCUT2D eigenvalue weighted by atomic mass is 32.1. The SMILES string of the molecule is CCCCCC(=O)NN1C(=S)N(CC)C(=O)C1CC(=O)NC. The van der Waals surface area contributed by atoms with Crippen LogP contribution < -0.4 is 10.7 Å². The number of hydrogen-bond acceptors (Lipinski definition) is 4. The van der Waals surface area contributed by atoms with Crippen molar-refractivity contribution < 1.29 is 14.4 Å². The average Bonchev–Trinajstić information content (AvgIpc) is 2.71. The minimum Gasteiger partial charge on any atom is -0.359 e. The molecule has 22 heavy (non-hydrogen) atoms. The maximum atomic E-state index is 12.3. The van der Waals surface area contributed by atoms with Crippen molar-refractivity contribution in [3.8, 4) is 0 Å². The number of unbranched alkanes of at least 4 members (excludes halogenated alkanes) is 2. The summed E-state index contributed by atoms with van der Waals surface area (Å²) in [5.74, 6) is -0.724. The maximum absolute atomic E-state index is 12.3. The summed E-state index contributed by atoms with van der Waals surface area (Å²) in [4.78, 5) is 37.3. The van der Waals surface area contributed by atoms with Crippen molar-refractivity contribution in [3.63, 3.8) is 0 Å². The van der Waals surface area contributed by atoms with Crippen LogP contribution in [-0.2, 0) is 14.4 Å². The Morgan fingerprint density at radius 1 is 1.23 bits per heavy atom. The van der Waals surface area contributed by atoms with Crippen LogP contribution in [0.1, 0.15) is 46.0 Å². The lowest BCUT2D eigenvalue weighted by Crippen LogP contribution is -2.50. The summed E-state index contributed by atoms with van der Waals surface area (Å²) in [6.45, 7) is 4.27. The highest BCUT2D eigenvalue weighted by Gasteiger charge is 2.43. The first-order chi connectivity index (χ1) is 10.5. The van der Waals surface area contributed by atoms with Crippen molar-refractivity contribution in [1.29, 1.82) is 0 Å². The molecule has 8 heteroatoms. The summed E-state index contributed by atoms with van der Waals surface area (Å²) >= 11 is 5.24. The third-order valence-electron chi connectivity index (χ3n) is 3.53. The third kappa shape index (κ3) is 4.40. The molecule has 1 heterocycles. The van der Waals surface area contributed by atoms with Crippen LogP contribution in [0.2, 0.25) is 0 Å². The minimum absolute atomic E-state index is 0.0405. The predicted octanol–water partition coefficient (Wildman–Crippen LogP) is 0.552. The molecular weight excluding hydrogens is 304 g/mol. The number of likely N-dealkylation sites (N-methyl/N-ethyl adjacent to an activating group) is 1. The van der Waals surface area contributed by atoms with Crippen LogP contribution in [0, 0.1) is 0 Å². The molecule has 1 atom stereocenters. The van der Waals surface area contributed by atoms with Gasteiger partial charge in [0, 0.05) is 20.0 Å². The topological polar surface area (TPSA) is 81.8 Å². The Kier molecular flexibility index (Phi) is 7.23. The Bertz CT molecular complexity index is 455. The van der Waals surface area contributed by atoms with Gasteiger partial charge in [-0.15, -0.1) is 0 Å². The Labute approximate surface area is 136 Å². The molecule has 0 bridgehead atoms. The fourth-order valence-corrected chi connectivity index (χ4v) is 2.64. The van der Waals surface area contributed by atoms with Gasteiger partial charge in [-0.25, -0.2) is 5.01 Å². The van der Waals surface area contributed by atoms with E-state index in [0.29, 0.717) is 13.0 Å². The molecular formula is C14H24N4O3S. The Balaban J connectivity index is 2.77. The van der Waals surface area contributed by atoms with Gasteiger partial charge in [0.2, 0.25) is 11.8 Å². The molecule has 0 saturated carbocycles. The maximum Gasteiger partial charge on any atom is 0.254 e. The number of nitrogens with zero attached hydrogens (tertiary/aromatic N) is 2. The van der Waals surface area contributed by atoms with E-state index in [4.69, 9.17) is 12.2 Å². The van der Waals surface area contributed by atoms with E-state index in [1.54, 1.807) is 6.92 Å². The molecule has 0 radical (unpaired) electrons. The van der Waals surface area contributed by atoms with Gasteiger partial charge < -0.3 is 5.32 Å². The molecule has 0 aromatic heterocycles. The first-order valence-corrected chi connectivity index (χ1v) is 8.01. The molecule has 1 aliphatic rings. The molecule has 1 rings (SSSR count). The molecule has 1 aliphatic heterocycles. The summed E-state index contributed by atoms with van der Waals surface area (Å²) in [7, 11) is 1.51. The lowest BCUT2D eigenvalue weighted by molar-refractivity contribution is -0.133. The van der Waals surface area contributed by atoms with Crippen LogP contribution in [0.15, 0.2) is 0 Å². The summed E-state index contributed by atoms with van der Waals surface area (Å²) in [5.41, 5.74) is 2.67. The van der Waals surface area contributed by atoms with Crippen molar-refractivity contribution in [2.45, 2.75) is 52.0 Å². The van der Waals surface area contributed by atoms with E-state index >= 15 is 0 Å². The van der Waals surface area contributed by atoms with Crippen LogP contribution in [0.5, 0.6) is 0 Å². The zero-order chi connectivity index (χ0) is 16.7. The van der Waals surface area contributed by atoms with Crippen molar-refractivity contribution in [3.05, 3.63) is 0 Å². The molecule has 1 saturated heterocycles. The van der Waals surface area contributed by atoms with Gasteiger partial charge in [0.05, 0.1) is 6.42 Å². The second-order valence-electron chi connectivity index (χ2n) is 5.12. The first-order valence-electron chi connectivity index (χ1n) is 7.60. The number of carbonyl (C=O) groups excluding carboxylic acids is 3. The second kappa shape index (κ2) is 8.67. The largest absolute Gasteiger partial charge is 0.359 e. The van der Waals surface area contributed by atoms with Gasteiger partial charge in [0.15, 0.2) is 5.11 Å². The van der Waals surface area contributed by atoms with Crippen molar-refractivity contribution in [2.75, 3.05) is 13.6 Å². The van der Waals surface area contributed by atoms with E-state index < -0.39 is 6.04 Å². The van der Waals surface area contributed by atoms with Gasteiger partial charge in [-0.2, -0.15) is 0 Å². The van der Waals surface area contributed by atoms with Crippen LogP contribution in [0.3, 0.4) is 0 Å². The standard InChI is InChI=1S/C14H24N4O3S/c1-4-6-7-8-11(19)16-18-10(9-12(20)15-3)13(21)17(5-2)14(18)22/h10H,4-9H2,1-3H3,(H,15,20)(H,16,19). The molecule has 2 N–H and O–H groups in total. The number of rotatable bonds is 8. The molecule has 124 valence electrons. The number of amides is 3. The normalized spacial score (nSPS) is 17.9. The first kappa shape index (κ1) is 18.3. The number of nitrogens with one attached hydrogen (secondary N) is 2. The van der Waals surface area contributed by atoms with Crippen molar-refractivity contribution >= 4 is 35.1 Å². The molecule has 1 unspecified atom stereocenters. The fraction of sp³-hybridized carbons (Fsp3) is 0.714. The van der Waals surface area contributed by atoms with Gasteiger partial charge in [-0.3, -0.25) is 24.7 Å². The Morgan fingerprint density at radius 2 is 1.91 bits per heavy atom. The fourth-order valence-electron chi connectivity index (χ4n) is 2.25. The van der Waals surface area contributed by atoms with Crippen molar-refractivity contribution in [2.24, 2.45) is 0 Å². The lowest BCUT2D eigenvalue weighted by atomic mass is 10.2. The van der Waals surface area contributed by atoms with Crippen LogP contribution >= 0.6 is 12.2 Å². The zero-order valence-electron chi connectivity index (χ0n) is 13.3. The van der Waals surface area contributed by atoms with Gasteiger partial charge in [0.25, 0.3) is 5.91 Å². The predicted molar refractivity (Wildman–Crippen MR) is 86.6 cm³/mol. The van der Waals surface area contributed by atoms with E-state index in [9.17, 15) is 14.4 Å². The van der Waals surface area contributed by atoms with E-state index in [1.807, 2.05) is 0 Å². The summed E-state index contributed by atoms with van der Waals surface area (Å²) < 4.78 is 0. The average molecular weight is 328 g/mol. The monoisotopic (exact) mass is 328 g/mol. The molecule has 7 nitrogen and oxygen atoms in total. The van der Waals surface area contributed by atoms with Crippen LogP contribution in [-0.4, -0.2) is 52.4 Å². The minimum atomic E-state index is -0.775. The molecule has 3 amide bonds. The Hall–Kier alpha value is -1.70. The van der Waals surface area contributed by atoms with Crippen molar-refractivity contribution in [1.82, 2.24) is 20.7 Å². The summed E-state index contributed by atoms with van der Waals surface area (Å²) in [6.07, 6.45) is 3.12. The molecule has 0 aromatic rings. The molecule has 0 spiro atoms. The number of hydrogen-bond donors (Lipinski definition) is 2. The third-order valence-corrected chi connectivity index (χ3v) is 3.94. The van der Waals surface area contributed by atoms with E-state index in [-0.39, 0.29) is 29.3 Å². The second-order valence-corrected chi connectivity index (χ2v) is 5.49.